The normalized spacial score (nSPS) is 26.5. The molecule has 1 heterocycles. The summed E-state index contributed by atoms with van der Waals surface area (Å²) in [5.74, 6) is 0.188. The molecule has 1 aliphatic heterocycles. The Hall–Kier alpha value is -2.53. The number of hydrogen-bond acceptors (Lipinski definition) is 3. The SMILES string of the molecule is [N-]=[N+]=NCCC1CC2(C1)NC(=O)N(Cc1ccccc1)C2=O. The summed E-state index contributed by atoms with van der Waals surface area (Å²) in [6.45, 7) is 0.740. The van der Waals surface area contributed by atoms with E-state index in [4.69, 9.17) is 5.53 Å². The van der Waals surface area contributed by atoms with Crippen LogP contribution in [0.15, 0.2) is 35.4 Å². The Morgan fingerprint density at radius 1 is 1.32 bits per heavy atom. The van der Waals surface area contributed by atoms with E-state index in [0.717, 1.165) is 12.0 Å². The van der Waals surface area contributed by atoms with Crippen molar-refractivity contribution in [2.24, 2.45) is 11.0 Å². The van der Waals surface area contributed by atoms with Crippen LogP contribution in [0.1, 0.15) is 24.8 Å². The largest absolute Gasteiger partial charge is 0.325 e. The van der Waals surface area contributed by atoms with E-state index >= 15 is 0 Å². The lowest BCUT2D eigenvalue weighted by Gasteiger charge is -2.42. The zero-order chi connectivity index (χ0) is 15.6. The molecule has 0 atom stereocenters. The zero-order valence-corrected chi connectivity index (χ0v) is 12.1. The molecule has 2 fully saturated rings. The molecule has 3 amide bonds. The van der Waals surface area contributed by atoms with Gasteiger partial charge in [0.1, 0.15) is 5.54 Å². The molecule has 2 aliphatic rings. The van der Waals surface area contributed by atoms with Crippen molar-refractivity contribution in [1.29, 1.82) is 0 Å². The minimum absolute atomic E-state index is 0.138. The third kappa shape index (κ3) is 2.51. The van der Waals surface area contributed by atoms with E-state index in [0.29, 0.717) is 31.8 Å². The first-order valence-corrected chi connectivity index (χ1v) is 7.33. The predicted octanol–water partition coefficient (Wildman–Crippen LogP) is 2.59. The van der Waals surface area contributed by atoms with E-state index in [1.807, 2.05) is 30.3 Å². The highest BCUT2D eigenvalue weighted by atomic mass is 16.2. The number of benzene rings is 1. The van der Waals surface area contributed by atoms with Gasteiger partial charge in [-0.2, -0.15) is 0 Å². The molecule has 0 bridgehead atoms. The molecule has 22 heavy (non-hydrogen) atoms. The summed E-state index contributed by atoms with van der Waals surface area (Å²) in [4.78, 5) is 28.7. The van der Waals surface area contributed by atoms with Crippen molar-refractivity contribution in [2.75, 3.05) is 6.54 Å². The Morgan fingerprint density at radius 3 is 2.73 bits per heavy atom. The smallest absolute Gasteiger partial charge is 0.323 e. The van der Waals surface area contributed by atoms with Gasteiger partial charge >= 0.3 is 6.03 Å². The highest BCUT2D eigenvalue weighted by Crippen LogP contribution is 2.44. The van der Waals surface area contributed by atoms with Crippen molar-refractivity contribution in [3.63, 3.8) is 0 Å². The second-order valence-electron chi connectivity index (χ2n) is 5.91. The fourth-order valence-corrected chi connectivity index (χ4v) is 3.28. The van der Waals surface area contributed by atoms with Gasteiger partial charge in [0, 0.05) is 11.5 Å². The molecule has 1 aliphatic carbocycles. The summed E-state index contributed by atoms with van der Waals surface area (Å²) in [5, 5.41) is 6.35. The lowest BCUT2D eigenvalue weighted by Crippen LogP contribution is -2.57. The van der Waals surface area contributed by atoms with Crippen LogP contribution in [0.2, 0.25) is 0 Å². The number of carbonyl (C=O) groups excluding carboxylic acids is 2. The molecule has 1 aromatic rings. The molecule has 1 aromatic carbocycles. The number of nitrogens with one attached hydrogen (secondary N) is 1. The van der Waals surface area contributed by atoms with Crippen molar-refractivity contribution in [2.45, 2.75) is 31.3 Å². The number of imide groups is 1. The first kappa shape index (κ1) is 14.4. The molecule has 7 nitrogen and oxygen atoms in total. The van der Waals surface area contributed by atoms with Gasteiger partial charge in [0.15, 0.2) is 0 Å². The van der Waals surface area contributed by atoms with Crippen LogP contribution in [0.4, 0.5) is 4.79 Å². The Kier molecular flexibility index (Phi) is 3.73. The van der Waals surface area contributed by atoms with Crippen LogP contribution in [0.25, 0.3) is 10.4 Å². The molecule has 1 spiro atoms. The van der Waals surface area contributed by atoms with E-state index in [1.54, 1.807) is 0 Å². The molecule has 0 aromatic heterocycles. The van der Waals surface area contributed by atoms with Crippen molar-refractivity contribution >= 4 is 11.9 Å². The van der Waals surface area contributed by atoms with E-state index < -0.39 is 5.54 Å². The third-order valence-corrected chi connectivity index (χ3v) is 4.40. The van der Waals surface area contributed by atoms with E-state index in [1.165, 1.54) is 4.90 Å². The Morgan fingerprint density at radius 2 is 2.05 bits per heavy atom. The Labute approximate surface area is 127 Å². The highest BCUT2D eigenvalue weighted by molar-refractivity contribution is 6.07. The summed E-state index contributed by atoms with van der Waals surface area (Å²) < 4.78 is 0. The summed E-state index contributed by atoms with van der Waals surface area (Å²) in [6, 6.07) is 9.15. The van der Waals surface area contributed by atoms with Gasteiger partial charge < -0.3 is 5.32 Å². The lowest BCUT2D eigenvalue weighted by atomic mass is 9.67. The minimum Gasteiger partial charge on any atom is -0.323 e. The van der Waals surface area contributed by atoms with Crippen LogP contribution in [-0.4, -0.2) is 28.9 Å². The quantitative estimate of drug-likeness (QED) is 0.391. The number of azide groups is 1. The van der Waals surface area contributed by atoms with Gasteiger partial charge in [-0.3, -0.25) is 9.69 Å². The molecule has 1 saturated heterocycles. The molecule has 114 valence electrons. The van der Waals surface area contributed by atoms with Crippen molar-refractivity contribution < 1.29 is 9.59 Å². The average Bonchev–Trinajstić information content (AvgIpc) is 2.73. The first-order chi connectivity index (χ1) is 10.6. The van der Waals surface area contributed by atoms with Crippen LogP contribution in [-0.2, 0) is 11.3 Å². The number of amides is 3. The maximum absolute atomic E-state index is 12.6. The van der Waals surface area contributed by atoms with Crippen molar-refractivity contribution in [3.05, 3.63) is 46.3 Å². The number of nitrogens with zero attached hydrogens (tertiary/aromatic N) is 4. The van der Waals surface area contributed by atoms with Crippen LogP contribution < -0.4 is 5.32 Å². The van der Waals surface area contributed by atoms with Gasteiger partial charge in [0.05, 0.1) is 6.54 Å². The first-order valence-electron chi connectivity index (χ1n) is 7.33. The van der Waals surface area contributed by atoms with Gasteiger partial charge in [-0.15, -0.1) is 0 Å². The third-order valence-electron chi connectivity index (χ3n) is 4.40. The molecular formula is C15H17N5O2. The zero-order valence-electron chi connectivity index (χ0n) is 12.1. The van der Waals surface area contributed by atoms with Crippen LogP contribution in [0, 0.1) is 5.92 Å². The number of hydrogen-bond donors (Lipinski definition) is 1. The molecule has 0 radical (unpaired) electrons. The minimum atomic E-state index is -0.729. The lowest BCUT2D eigenvalue weighted by molar-refractivity contribution is -0.136. The molecule has 1 N–H and O–H groups in total. The van der Waals surface area contributed by atoms with Crippen LogP contribution >= 0.6 is 0 Å². The number of rotatable bonds is 5. The second kappa shape index (κ2) is 5.69. The van der Waals surface area contributed by atoms with E-state index in [9.17, 15) is 9.59 Å². The maximum Gasteiger partial charge on any atom is 0.325 e. The Balaban J connectivity index is 1.62. The van der Waals surface area contributed by atoms with E-state index in [-0.39, 0.29) is 11.9 Å². The van der Waals surface area contributed by atoms with Gasteiger partial charge in [-0.1, -0.05) is 35.4 Å². The predicted molar refractivity (Wildman–Crippen MR) is 79.6 cm³/mol. The molecule has 0 unspecified atom stereocenters. The second-order valence-corrected chi connectivity index (χ2v) is 5.91. The summed E-state index contributed by atoms with van der Waals surface area (Å²) >= 11 is 0. The van der Waals surface area contributed by atoms with Gasteiger partial charge in [-0.25, -0.2) is 4.79 Å². The topological polar surface area (TPSA) is 98.2 Å². The number of urea groups is 1. The van der Waals surface area contributed by atoms with Crippen molar-refractivity contribution in [3.8, 4) is 0 Å². The average molecular weight is 299 g/mol. The molecule has 3 rings (SSSR count). The standard InChI is InChI=1S/C15H17N5O2/c16-19-17-7-6-12-8-15(9-12)13(21)20(14(22)18-15)10-11-4-2-1-3-5-11/h1-5,12H,6-10H2,(H,18,22). The summed E-state index contributed by atoms with van der Waals surface area (Å²) in [5.41, 5.74) is 8.47. The highest BCUT2D eigenvalue weighted by Gasteiger charge is 2.58. The van der Waals surface area contributed by atoms with Crippen LogP contribution in [0.3, 0.4) is 0 Å². The van der Waals surface area contributed by atoms with Crippen molar-refractivity contribution in [1.82, 2.24) is 10.2 Å². The fourth-order valence-electron chi connectivity index (χ4n) is 3.28. The molecular weight excluding hydrogens is 282 g/mol. The summed E-state index contributed by atoms with van der Waals surface area (Å²) in [6.07, 6.45) is 2.02. The van der Waals surface area contributed by atoms with E-state index in [2.05, 4.69) is 15.3 Å². The molecule has 1 saturated carbocycles. The van der Waals surface area contributed by atoms with Crippen LogP contribution in [0.5, 0.6) is 0 Å². The van der Waals surface area contributed by atoms with Gasteiger partial charge in [0.25, 0.3) is 5.91 Å². The Bertz CT molecular complexity index is 633. The number of carbonyl (C=O) groups is 2. The monoisotopic (exact) mass is 299 g/mol. The molecule has 7 heteroatoms. The summed E-state index contributed by atoms with van der Waals surface area (Å²) in [7, 11) is 0. The fraction of sp³-hybridized carbons (Fsp3) is 0.467. The maximum atomic E-state index is 12.6. The van der Waals surface area contributed by atoms with Gasteiger partial charge in [0.2, 0.25) is 0 Å². The van der Waals surface area contributed by atoms with Gasteiger partial charge in [-0.05, 0) is 36.3 Å².